The highest BCUT2D eigenvalue weighted by Gasteiger charge is 2.04. The molecule has 0 unspecified atom stereocenters. The third-order valence-electron chi connectivity index (χ3n) is 2.22. The molecule has 0 aromatic carbocycles. The average molecular weight is 217 g/mol. The molecule has 0 saturated carbocycles. The Labute approximate surface area is 93.9 Å². The molecule has 0 heterocycles. The number of hydrogen-bond acceptors (Lipinski definition) is 4. The van der Waals surface area contributed by atoms with Crippen molar-refractivity contribution in [2.45, 2.75) is 32.8 Å². The van der Waals surface area contributed by atoms with Crippen LogP contribution in [0.3, 0.4) is 0 Å². The summed E-state index contributed by atoms with van der Waals surface area (Å²) in [5.41, 5.74) is 11.0. The molecule has 4 N–H and O–H groups in total. The van der Waals surface area contributed by atoms with Crippen molar-refractivity contribution in [2.24, 2.45) is 11.5 Å². The third-order valence-corrected chi connectivity index (χ3v) is 2.22. The van der Waals surface area contributed by atoms with Gasteiger partial charge >= 0.3 is 0 Å². The zero-order valence-electron chi connectivity index (χ0n) is 10.2. The summed E-state index contributed by atoms with van der Waals surface area (Å²) in [6.07, 6.45) is 2.41. The SMILES string of the molecule is CC(C)OCCN(CCCN)CCCN. The van der Waals surface area contributed by atoms with Crippen LogP contribution >= 0.6 is 0 Å². The van der Waals surface area contributed by atoms with Crippen LogP contribution in [0.5, 0.6) is 0 Å². The Balaban J connectivity index is 3.58. The van der Waals surface area contributed by atoms with Gasteiger partial charge in [-0.15, -0.1) is 0 Å². The minimum atomic E-state index is 0.316. The molecule has 0 atom stereocenters. The Kier molecular flexibility index (Phi) is 10.3. The molecule has 4 heteroatoms. The van der Waals surface area contributed by atoms with Crippen molar-refractivity contribution in [3.63, 3.8) is 0 Å². The zero-order chi connectivity index (χ0) is 11.5. The van der Waals surface area contributed by atoms with Gasteiger partial charge in [0.15, 0.2) is 0 Å². The van der Waals surface area contributed by atoms with Crippen molar-refractivity contribution in [3.05, 3.63) is 0 Å². The van der Waals surface area contributed by atoms with Crippen LogP contribution < -0.4 is 11.5 Å². The van der Waals surface area contributed by atoms with E-state index in [1.807, 2.05) is 0 Å². The van der Waals surface area contributed by atoms with E-state index in [1.165, 1.54) is 0 Å². The van der Waals surface area contributed by atoms with Gasteiger partial charge in [0.25, 0.3) is 0 Å². The topological polar surface area (TPSA) is 64.5 Å². The maximum absolute atomic E-state index is 5.53. The molecule has 0 radical (unpaired) electrons. The Hall–Kier alpha value is -0.160. The van der Waals surface area contributed by atoms with Gasteiger partial charge in [0.1, 0.15) is 0 Å². The first-order chi connectivity index (χ1) is 7.20. The van der Waals surface area contributed by atoms with Gasteiger partial charge in [0.05, 0.1) is 12.7 Å². The van der Waals surface area contributed by atoms with E-state index in [4.69, 9.17) is 16.2 Å². The first-order valence-corrected chi connectivity index (χ1v) is 5.94. The minimum absolute atomic E-state index is 0.316. The summed E-state index contributed by atoms with van der Waals surface area (Å²) >= 11 is 0. The van der Waals surface area contributed by atoms with Crippen LogP contribution in [-0.2, 0) is 4.74 Å². The Bertz CT molecular complexity index is 123. The van der Waals surface area contributed by atoms with Crippen LogP contribution in [0.1, 0.15) is 26.7 Å². The summed E-state index contributed by atoms with van der Waals surface area (Å²) in [6.45, 7) is 9.52. The van der Waals surface area contributed by atoms with Crippen molar-refractivity contribution in [1.82, 2.24) is 4.90 Å². The largest absolute Gasteiger partial charge is 0.377 e. The molecule has 0 amide bonds. The molecule has 0 spiro atoms. The van der Waals surface area contributed by atoms with E-state index in [9.17, 15) is 0 Å². The van der Waals surface area contributed by atoms with Crippen LogP contribution in [0.4, 0.5) is 0 Å². The predicted octanol–water partition coefficient (Wildman–Crippen LogP) is 0.411. The van der Waals surface area contributed by atoms with Crippen molar-refractivity contribution in [3.8, 4) is 0 Å². The van der Waals surface area contributed by atoms with Crippen molar-refractivity contribution < 1.29 is 4.74 Å². The van der Waals surface area contributed by atoms with Crippen molar-refractivity contribution in [1.29, 1.82) is 0 Å². The lowest BCUT2D eigenvalue weighted by Crippen LogP contribution is -2.32. The van der Waals surface area contributed by atoms with E-state index >= 15 is 0 Å². The number of rotatable bonds is 10. The van der Waals surface area contributed by atoms with Gasteiger partial charge in [-0.25, -0.2) is 0 Å². The highest BCUT2D eigenvalue weighted by Crippen LogP contribution is 1.95. The van der Waals surface area contributed by atoms with Gasteiger partial charge in [-0.1, -0.05) is 0 Å². The molecule has 0 aromatic rings. The van der Waals surface area contributed by atoms with Crippen molar-refractivity contribution >= 4 is 0 Å². The molecule has 0 aliphatic rings. The molecule has 92 valence electrons. The average Bonchev–Trinajstić information content (AvgIpc) is 2.20. The molecular formula is C11H27N3O. The molecule has 0 rings (SSSR count). The van der Waals surface area contributed by atoms with Crippen LogP contribution in [0.25, 0.3) is 0 Å². The quantitative estimate of drug-likeness (QED) is 0.556. The lowest BCUT2D eigenvalue weighted by atomic mass is 10.3. The molecule has 0 aliphatic heterocycles. The number of nitrogens with two attached hydrogens (primary N) is 2. The standard InChI is InChI=1S/C11H27N3O/c1-11(2)15-10-9-14(7-3-5-12)8-4-6-13/h11H,3-10,12-13H2,1-2H3. The molecule has 0 aliphatic carbocycles. The molecule has 4 nitrogen and oxygen atoms in total. The van der Waals surface area contributed by atoms with Gasteiger partial charge in [0.2, 0.25) is 0 Å². The van der Waals surface area contributed by atoms with Gasteiger partial charge < -0.3 is 21.1 Å². The maximum Gasteiger partial charge on any atom is 0.0596 e. The summed E-state index contributed by atoms with van der Waals surface area (Å²) in [6, 6.07) is 0. The maximum atomic E-state index is 5.53. The van der Waals surface area contributed by atoms with Crippen LogP contribution in [0.15, 0.2) is 0 Å². The van der Waals surface area contributed by atoms with E-state index in [0.29, 0.717) is 6.10 Å². The second kappa shape index (κ2) is 10.4. The van der Waals surface area contributed by atoms with Gasteiger partial charge in [-0.2, -0.15) is 0 Å². The fourth-order valence-corrected chi connectivity index (χ4v) is 1.38. The number of hydrogen-bond donors (Lipinski definition) is 2. The molecule has 0 bridgehead atoms. The fourth-order valence-electron chi connectivity index (χ4n) is 1.38. The molecule has 0 fully saturated rings. The Morgan fingerprint density at radius 2 is 1.53 bits per heavy atom. The second-order valence-corrected chi connectivity index (χ2v) is 4.05. The second-order valence-electron chi connectivity index (χ2n) is 4.05. The van der Waals surface area contributed by atoms with Gasteiger partial charge in [0, 0.05) is 6.54 Å². The van der Waals surface area contributed by atoms with Crippen LogP contribution in [-0.4, -0.2) is 50.3 Å². The van der Waals surface area contributed by atoms with Crippen LogP contribution in [0.2, 0.25) is 0 Å². The van der Waals surface area contributed by atoms with E-state index in [-0.39, 0.29) is 0 Å². The summed E-state index contributed by atoms with van der Waals surface area (Å²) in [5, 5.41) is 0. The van der Waals surface area contributed by atoms with E-state index in [1.54, 1.807) is 0 Å². The van der Waals surface area contributed by atoms with Gasteiger partial charge in [-0.3, -0.25) is 0 Å². The first-order valence-electron chi connectivity index (χ1n) is 5.94. The summed E-state index contributed by atoms with van der Waals surface area (Å²) in [4.78, 5) is 2.38. The molecule has 0 saturated heterocycles. The fraction of sp³-hybridized carbons (Fsp3) is 1.00. The lowest BCUT2D eigenvalue weighted by Gasteiger charge is -2.22. The van der Waals surface area contributed by atoms with Gasteiger partial charge in [-0.05, 0) is 52.9 Å². The van der Waals surface area contributed by atoms with Crippen LogP contribution in [0, 0.1) is 0 Å². The Morgan fingerprint density at radius 1 is 1.00 bits per heavy atom. The number of nitrogens with zero attached hydrogens (tertiary/aromatic N) is 1. The van der Waals surface area contributed by atoms with E-state index in [2.05, 4.69) is 18.7 Å². The van der Waals surface area contributed by atoms with E-state index in [0.717, 1.165) is 52.2 Å². The zero-order valence-corrected chi connectivity index (χ0v) is 10.2. The molecular weight excluding hydrogens is 190 g/mol. The minimum Gasteiger partial charge on any atom is -0.377 e. The summed E-state index contributed by atoms with van der Waals surface area (Å²) < 4.78 is 5.53. The van der Waals surface area contributed by atoms with Crippen molar-refractivity contribution in [2.75, 3.05) is 39.3 Å². The lowest BCUT2D eigenvalue weighted by molar-refractivity contribution is 0.0587. The smallest absolute Gasteiger partial charge is 0.0596 e. The molecule has 15 heavy (non-hydrogen) atoms. The summed E-state index contributed by atoms with van der Waals surface area (Å²) in [5.74, 6) is 0. The Morgan fingerprint density at radius 3 is 1.93 bits per heavy atom. The first kappa shape index (κ1) is 14.8. The monoisotopic (exact) mass is 217 g/mol. The normalized spacial score (nSPS) is 11.6. The van der Waals surface area contributed by atoms with E-state index < -0.39 is 0 Å². The third kappa shape index (κ3) is 10.1. The number of ether oxygens (including phenoxy) is 1. The highest BCUT2D eigenvalue weighted by molar-refractivity contribution is 4.59. The summed E-state index contributed by atoms with van der Waals surface area (Å²) in [7, 11) is 0. The highest BCUT2D eigenvalue weighted by atomic mass is 16.5. The predicted molar refractivity (Wildman–Crippen MR) is 64.9 cm³/mol. The molecule has 0 aromatic heterocycles.